The smallest absolute Gasteiger partial charge is 0.320 e. The number of urea groups is 1. The maximum Gasteiger partial charge on any atom is 0.320 e. The summed E-state index contributed by atoms with van der Waals surface area (Å²) in [5, 5.41) is 6.03. The number of carbonyl (C=O) groups excluding carboxylic acids is 2. The van der Waals surface area contributed by atoms with Crippen LogP contribution in [-0.4, -0.2) is 18.5 Å². The fraction of sp³-hybridized carbons (Fsp3) is 0.294. The number of hydrogen-bond donors (Lipinski definition) is 3. The van der Waals surface area contributed by atoms with Crippen LogP contribution >= 0.6 is 11.3 Å². The zero-order valence-corrected chi connectivity index (χ0v) is 14.2. The predicted molar refractivity (Wildman–Crippen MR) is 93.2 cm³/mol. The number of carbonyl (C=O) groups is 2. The Labute approximate surface area is 144 Å². The second kappa shape index (κ2) is 7.02. The number of hydrogen-bond acceptors (Lipinski definition) is 4. The van der Waals surface area contributed by atoms with Gasteiger partial charge in [0.15, 0.2) is 0 Å². The van der Waals surface area contributed by atoms with E-state index in [4.69, 9.17) is 10.5 Å². The van der Waals surface area contributed by atoms with E-state index in [0.29, 0.717) is 36.7 Å². The van der Waals surface area contributed by atoms with Gasteiger partial charge in [-0.1, -0.05) is 29.8 Å². The molecule has 0 aliphatic carbocycles. The summed E-state index contributed by atoms with van der Waals surface area (Å²) >= 11 is 1.34. The normalized spacial score (nSPS) is 13.2. The average molecular weight is 345 g/mol. The van der Waals surface area contributed by atoms with E-state index in [1.807, 2.05) is 31.2 Å². The molecule has 0 radical (unpaired) electrons. The summed E-state index contributed by atoms with van der Waals surface area (Å²) in [6, 6.07) is 7.54. The van der Waals surface area contributed by atoms with Crippen LogP contribution in [0.1, 0.15) is 31.9 Å². The van der Waals surface area contributed by atoms with Gasteiger partial charge in [0.25, 0.3) is 5.91 Å². The monoisotopic (exact) mass is 345 g/mol. The number of rotatable bonds is 4. The first kappa shape index (κ1) is 16.5. The second-order valence-corrected chi connectivity index (χ2v) is 6.78. The van der Waals surface area contributed by atoms with Crippen molar-refractivity contribution in [1.29, 1.82) is 0 Å². The van der Waals surface area contributed by atoms with Gasteiger partial charge >= 0.3 is 6.03 Å². The van der Waals surface area contributed by atoms with Crippen molar-refractivity contribution in [3.8, 4) is 0 Å². The Morgan fingerprint density at radius 3 is 2.96 bits per heavy atom. The minimum Gasteiger partial charge on any atom is -0.376 e. The molecule has 0 atom stereocenters. The number of primary amides is 1. The van der Waals surface area contributed by atoms with Crippen LogP contribution in [0.5, 0.6) is 0 Å². The highest BCUT2D eigenvalue weighted by molar-refractivity contribution is 7.17. The Hall–Kier alpha value is -2.38. The van der Waals surface area contributed by atoms with Crippen molar-refractivity contribution in [3.63, 3.8) is 0 Å². The van der Waals surface area contributed by atoms with Crippen LogP contribution in [0.3, 0.4) is 0 Å². The third kappa shape index (κ3) is 3.58. The Balaban J connectivity index is 1.70. The number of fused-ring (bicyclic) bond motifs is 1. The van der Waals surface area contributed by atoms with Gasteiger partial charge in [0.1, 0.15) is 5.00 Å². The highest BCUT2D eigenvalue weighted by atomic mass is 32.1. The highest BCUT2D eigenvalue weighted by Crippen LogP contribution is 2.36. The van der Waals surface area contributed by atoms with Gasteiger partial charge in [-0.15, -0.1) is 11.3 Å². The molecule has 1 aliphatic heterocycles. The van der Waals surface area contributed by atoms with E-state index in [0.717, 1.165) is 21.6 Å². The van der Waals surface area contributed by atoms with Gasteiger partial charge in [0.2, 0.25) is 0 Å². The standard InChI is InChI=1S/C17H19N3O3S/c1-10-3-2-4-11(7-10)8-19-17(22)20-16-14(15(18)21)12-5-6-23-9-13(12)24-16/h2-4,7H,5-6,8-9H2,1H3,(H2,18,21)(H2,19,20,22). The fourth-order valence-electron chi connectivity index (χ4n) is 2.73. The van der Waals surface area contributed by atoms with Crippen LogP contribution in [0.4, 0.5) is 9.80 Å². The first-order chi connectivity index (χ1) is 11.5. The molecule has 2 aromatic rings. The Morgan fingerprint density at radius 2 is 2.21 bits per heavy atom. The molecular formula is C17H19N3O3S. The van der Waals surface area contributed by atoms with Gasteiger partial charge < -0.3 is 15.8 Å². The van der Waals surface area contributed by atoms with Crippen molar-refractivity contribution in [1.82, 2.24) is 5.32 Å². The van der Waals surface area contributed by atoms with E-state index in [1.165, 1.54) is 11.3 Å². The first-order valence-corrected chi connectivity index (χ1v) is 8.48. The molecule has 3 rings (SSSR count). The molecule has 1 aliphatic rings. The SMILES string of the molecule is Cc1cccc(CNC(=O)Nc2sc3c(c2C(N)=O)CCOC3)c1. The number of thiophene rings is 1. The lowest BCUT2D eigenvalue weighted by Crippen LogP contribution is -2.29. The summed E-state index contributed by atoms with van der Waals surface area (Å²) in [5.74, 6) is -0.525. The van der Waals surface area contributed by atoms with E-state index in [2.05, 4.69) is 10.6 Å². The van der Waals surface area contributed by atoms with Crippen molar-refractivity contribution < 1.29 is 14.3 Å². The van der Waals surface area contributed by atoms with Crippen LogP contribution in [0.2, 0.25) is 0 Å². The summed E-state index contributed by atoms with van der Waals surface area (Å²) in [6.07, 6.45) is 0.636. The molecule has 1 aromatic heterocycles. The average Bonchev–Trinajstić information content (AvgIpc) is 2.91. The molecule has 0 bridgehead atoms. The molecule has 0 spiro atoms. The molecule has 0 unspecified atom stereocenters. The molecule has 0 saturated carbocycles. The summed E-state index contributed by atoms with van der Waals surface area (Å²) < 4.78 is 5.40. The van der Waals surface area contributed by atoms with Gasteiger partial charge in [-0.3, -0.25) is 10.1 Å². The van der Waals surface area contributed by atoms with Crippen molar-refractivity contribution in [2.24, 2.45) is 5.73 Å². The Morgan fingerprint density at radius 1 is 1.38 bits per heavy atom. The maximum absolute atomic E-state index is 12.2. The fourth-order valence-corrected chi connectivity index (χ4v) is 3.92. The lowest BCUT2D eigenvalue weighted by Gasteiger charge is -2.12. The van der Waals surface area contributed by atoms with Crippen molar-refractivity contribution >= 4 is 28.3 Å². The zero-order chi connectivity index (χ0) is 17.1. The number of nitrogens with two attached hydrogens (primary N) is 1. The number of anilines is 1. The van der Waals surface area contributed by atoms with Crippen LogP contribution in [-0.2, 0) is 24.3 Å². The van der Waals surface area contributed by atoms with E-state index in [-0.39, 0.29) is 6.03 Å². The molecule has 7 heteroatoms. The third-order valence-corrected chi connectivity index (χ3v) is 4.95. The Kier molecular flexibility index (Phi) is 4.82. The summed E-state index contributed by atoms with van der Waals surface area (Å²) in [5.41, 5.74) is 8.95. The molecule has 0 saturated heterocycles. The summed E-state index contributed by atoms with van der Waals surface area (Å²) in [6.45, 7) is 3.42. The molecule has 1 aromatic carbocycles. The van der Waals surface area contributed by atoms with Crippen molar-refractivity contribution in [2.45, 2.75) is 26.5 Å². The number of nitrogens with one attached hydrogen (secondary N) is 2. The van der Waals surface area contributed by atoms with E-state index < -0.39 is 5.91 Å². The molecule has 3 amide bonds. The molecule has 126 valence electrons. The number of amides is 3. The Bertz CT molecular complexity index is 785. The molecule has 4 N–H and O–H groups in total. The molecular weight excluding hydrogens is 326 g/mol. The first-order valence-electron chi connectivity index (χ1n) is 7.67. The minimum atomic E-state index is -0.525. The topological polar surface area (TPSA) is 93.5 Å². The van der Waals surface area contributed by atoms with Crippen LogP contribution in [0, 0.1) is 6.92 Å². The maximum atomic E-state index is 12.2. The highest BCUT2D eigenvalue weighted by Gasteiger charge is 2.25. The molecule has 2 heterocycles. The third-order valence-electron chi connectivity index (χ3n) is 3.83. The van der Waals surface area contributed by atoms with Crippen LogP contribution < -0.4 is 16.4 Å². The molecule has 6 nitrogen and oxygen atoms in total. The van der Waals surface area contributed by atoms with Crippen LogP contribution in [0.25, 0.3) is 0 Å². The van der Waals surface area contributed by atoms with Gasteiger partial charge in [-0.25, -0.2) is 4.79 Å². The van der Waals surface area contributed by atoms with Crippen molar-refractivity contribution in [2.75, 3.05) is 11.9 Å². The van der Waals surface area contributed by atoms with Crippen LogP contribution in [0.15, 0.2) is 24.3 Å². The summed E-state index contributed by atoms with van der Waals surface area (Å²) in [4.78, 5) is 24.9. The van der Waals surface area contributed by atoms with Gasteiger partial charge in [-0.05, 0) is 24.5 Å². The van der Waals surface area contributed by atoms with Gasteiger partial charge in [0.05, 0.1) is 18.8 Å². The lowest BCUT2D eigenvalue weighted by atomic mass is 10.1. The van der Waals surface area contributed by atoms with Gasteiger partial charge in [0, 0.05) is 11.4 Å². The van der Waals surface area contributed by atoms with E-state index in [9.17, 15) is 9.59 Å². The van der Waals surface area contributed by atoms with E-state index >= 15 is 0 Å². The zero-order valence-electron chi connectivity index (χ0n) is 13.3. The largest absolute Gasteiger partial charge is 0.376 e. The minimum absolute atomic E-state index is 0.362. The van der Waals surface area contributed by atoms with E-state index in [1.54, 1.807) is 0 Å². The number of ether oxygens (including phenoxy) is 1. The molecule has 24 heavy (non-hydrogen) atoms. The number of benzene rings is 1. The quantitative estimate of drug-likeness (QED) is 0.795. The van der Waals surface area contributed by atoms with Gasteiger partial charge in [-0.2, -0.15) is 0 Å². The molecule has 0 fully saturated rings. The van der Waals surface area contributed by atoms with Crippen molar-refractivity contribution in [3.05, 3.63) is 51.4 Å². The summed E-state index contributed by atoms with van der Waals surface area (Å²) in [7, 11) is 0. The lowest BCUT2D eigenvalue weighted by molar-refractivity contribution is 0.0991. The second-order valence-electron chi connectivity index (χ2n) is 5.67. The predicted octanol–water partition coefficient (Wildman–Crippen LogP) is 2.55. The number of aryl methyl sites for hydroxylation is 1.